The third-order valence-corrected chi connectivity index (χ3v) is 6.60. The van der Waals surface area contributed by atoms with Crippen molar-refractivity contribution >= 4 is 49.2 Å². The van der Waals surface area contributed by atoms with Crippen LogP contribution in [-0.2, 0) is 15.6 Å². The summed E-state index contributed by atoms with van der Waals surface area (Å²) in [5, 5.41) is 14.2. The summed E-state index contributed by atoms with van der Waals surface area (Å²) in [7, 11) is -3.97. The fraction of sp³-hybridized carbons (Fsp3) is 0.0455. The van der Waals surface area contributed by atoms with Crippen molar-refractivity contribution in [1.82, 2.24) is 15.0 Å². The molecular formula is C22H15N5O5S. The fourth-order valence-electron chi connectivity index (χ4n) is 3.41. The standard InChI is InChI=1S/C22H15N5O5S/c28-27(29)14-5-3-6-15(11-14)33(30,31)12-19-22(25-17-8-2-1-7-16(17)24-19)26-18-9-4-10-20-21(18)23-13-32-20/h1-11,13H,12H2,(H,25,26). The van der Waals surface area contributed by atoms with Crippen molar-refractivity contribution in [2.24, 2.45) is 0 Å². The molecule has 3 aromatic carbocycles. The van der Waals surface area contributed by atoms with Gasteiger partial charge in [-0.25, -0.2) is 23.4 Å². The summed E-state index contributed by atoms with van der Waals surface area (Å²) in [5.41, 5.74) is 2.63. The van der Waals surface area contributed by atoms with E-state index in [9.17, 15) is 18.5 Å². The Bertz CT molecular complexity index is 1630. The number of sulfone groups is 1. The molecule has 2 aromatic heterocycles. The molecule has 10 nitrogen and oxygen atoms in total. The zero-order chi connectivity index (χ0) is 23.0. The molecule has 0 saturated heterocycles. The van der Waals surface area contributed by atoms with E-state index in [-0.39, 0.29) is 22.1 Å². The van der Waals surface area contributed by atoms with Crippen molar-refractivity contribution in [2.45, 2.75) is 10.6 Å². The Morgan fingerprint density at radius 1 is 0.970 bits per heavy atom. The van der Waals surface area contributed by atoms with Crippen LogP contribution < -0.4 is 5.32 Å². The molecule has 0 atom stereocenters. The lowest BCUT2D eigenvalue weighted by molar-refractivity contribution is -0.385. The molecule has 2 heterocycles. The zero-order valence-electron chi connectivity index (χ0n) is 16.9. The first-order valence-corrected chi connectivity index (χ1v) is 11.4. The van der Waals surface area contributed by atoms with Gasteiger partial charge in [-0.15, -0.1) is 0 Å². The molecule has 0 aliphatic carbocycles. The Kier molecular flexibility index (Phi) is 4.94. The van der Waals surface area contributed by atoms with Gasteiger partial charge >= 0.3 is 0 Å². The van der Waals surface area contributed by atoms with E-state index in [1.54, 1.807) is 42.5 Å². The van der Waals surface area contributed by atoms with Gasteiger partial charge in [0.05, 0.1) is 32.2 Å². The molecule has 5 aromatic rings. The van der Waals surface area contributed by atoms with Crippen LogP contribution in [0.1, 0.15) is 5.69 Å². The largest absolute Gasteiger partial charge is 0.443 e. The van der Waals surface area contributed by atoms with Crippen LogP contribution >= 0.6 is 0 Å². The van der Waals surface area contributed by atoms with Gasteiger partial charge in [0, 0.05) is 12.1 Å². The number of nitrogens with zero attached hydrogens (tertiary/aromatic N) is 4. The number of aromatic nitrogens is 3. The number of anilines is 2. The Hall–Kier alpha value is -4.38. The van der Waals surface area contributed by atoms with Gasteiger partial charge in [0.2, 0.25) is 0 Å². The van der Waals surface area contributed by atoms with Crippen LogP contribution in [-0.4, -0.2) is 28.3 Å². The van der Waals surface area contributed by atoms with E-state index < -0.39 is 20.5 Å². The topological polar surface area (TPSA) is 141 Å². The second-order valence-corrected chi connectivity index (χ2v) is 9.14. The molecular weight excluding hydrogens is 446 g/mol. The van der Waals surface area contributed by atoms with Crippen molar-refractivity contribution in [1.29, 1.82) is 0 Å². The highest BCUT2D eigenvalue weighted by Crippen LogP contribution is 2.29. The lowest BCUT2D eigenvalue weighted by atomic mass is 10.2. The predicted molar refractivity (Wildman–Crippen MR) is 121 cm³/mol. The van der Waals surface area contributed by atoms with Crippen LogP contribution in [0, 0.1) is 10.1 Å². The number of rotatable bonds is 6. The molecule has 33 heavy (non-hydrogen) atoms. The van der Waals surface area contributed by atoms with Crippen molar-refractivity contribution in [3.63, 3.8) is 0 Å². The predicted octanol–water partition coefficient (Wildman–Crippen LogP) is 4.40. The van der Waals surface area contributed by atoms with Gasteiger partial charge in [-0.05, 0) is 30.3 Å². The number of oxazole rings is 1. The minimum atomic E-state index is -3.97. The lowest BCUT2D eigenvalue weighted by Gasteiger charge is -2.13. The Morgan fingerprint density at radius 2 is 1.73 bits per heavy atom. The number of hydrogen-bond donors (Lipinski definition) is 1. The molecule has 11 heteroatoms. The first kappa shape index (κ1) is 20.5. The molecule has 0 radical (unpaired) electrons. The molecule has 0 aliphatic rings. The van der Waals surface area contributed by atoms with Crippen LogP contribution in [0.2, 0.25) is 0 Å². The molecule has 0 spiro atoms. The van der Waals surface area contributed by atoms with E-state index in [0.29, 0.717) is 27.8 Å². The third-order valence-electron chi connectivity index (χ3n) is 4.97. The number of non-ortho nitro benzene ring substituents is 1. The Balaban J connectivity index is 1.60. The summed E-state index contributed by atoms with van der Waals surface area (Å²) >= 11 is 0. The summed E-state index contributed by atoms with van der Waals surface area (Å²) < 4.78 is 31.6. The van der Waals surface area contributed by atoms with Crippen molar-refractivity contribution < 1.29 is 17.8 Å². The number of nitro groups is 1. The average Bonchev–Trinajstić information content (AvgIpc) is 3.29. The van der Waals surface area contributed by atoms with E-state index in [1.807, 2.05) is 0 Å². The van der Waals surface area contributed by atoms with Crippen molar-refractivity contribution in [3.8, 4) is 0 Å². The number of nitrogens with one attached hydrogen (secondary N) is 1. The summed E-state index contributed by atoms with van der Waals surface area (Å²) in [6.45, 7) is 0. The first-order chi connectivity index (χ1) is 15.9. The highest BCUT2D eigenvalue weighted by molar-refractivity contribution is 7.90. The maximum absolute atomic E-state index is 13.1. The number of nitro benzene ring substituents is 1. The number of benzene rings is 3. The van der Waals surface area contributed by atoms with Gasteiger partial charge in [0.15, 0.2) is 27.6 Å². The van der Waals surface area contributed by atoms with Gasteiger partial charge in [0.1, 0.15) is 11.3 Å². The Labute approximate surface area is 187 Å². The monoisotopic (exact) mass is 461 g/mol. The first-order valence-electron chi connectivity index (χ1n) is 9.73. The number of hydrogen-bond acceptors (Lipinski definition) is 9. The smallest absolute Gasteiger partial charge is 0.270 e. The van der Waals surface area contributed by atoms with Crippen LogP contribution in [0.15, 0.2) is 82.4 Å². The summed E-state index contributed by atoms with van der Waals surface area (Å²) in [5.74, 6) is -0.276. The lowest BCUT2D eigenvalue weighted by Crippen LogP contribution is -2.11. The molecule has 0 saturated carbocycles. The van der Waals surface area contributed by atoms with Gasteiger partial charge in [0.25, 0.3) is 5.69 Å². The van der Waals surface area contributed by atoms with Crippen LogP contribution in [0.4, 0.5) is 17.2 Å². The zero-order valence-corrected chi connectivity index (χ0v) is 17.7. The fourth-order valence-corrected chi connectivity index (χ4v) is 4.72. The molecule has 0 fully saturated rings. The normalized spacial score (nSPS) is 11.6. The molecule has 0 amide bonds. The third kappa shape index (κ3) is 3.96. The number of fused-ring (bicyclic) bond motifs is 2. The van der Waals surface area contributed by atoms with E-state index in [4.69, 9.17) is 4.42 Å². The number of para-hydroxylation sites is 3. The summed E-state index contributed by atoms with van der Waals surface area (Å²) in [6.07, 6.45) is 1.32. The van der Waals surface area contributed by atoms with Crippen LogP contribution in [0.25, 0.3) is 22.1 Å². The van der Waals surface area contributed by atoms with E-state index in [0.717, 1.165) is 6.07 Å². The van der Waals surface area contributed by atoms with E-state index >= 15 is 0 Å². The average molecular weight is 461 g/mol. The van der Waals surface area contributed by atoms with Gasteiger partial charge < -0.3 is 9.73 Å². The summed E-state index contributed by atoms with van der Waals surface area (Å²) in [6, 6.07) is 17.3. The molecule has 0 aliphatic heterocycles. The van der Waals surface area contributed by atoms with Gasteiger partial charge in [-0.3, -0.25) is 10.1 Å². The minimum Gasteiger partial charge on any atom is -0.443 e. The maximum Gasteiger partial charge on any atom is 0.270 e. The van der Waals surface area contributed by atoms with Crippen LogP contribution in [0.3, 0.4) is 0 Å². The second kappa shape index (κ2) is 7.95. The quantitative estimate of drug-likeness (QED) is 0.288. The second-order valence-electron chi connectivity index (χ2n) is 7.15. The SMILES string of the molecule is O=[N+]([O-])c1cccc(S(=O)(=O)Cc2nc3ccccc3nc2Nc2cccc3ocnc23)c1. The molecule has 5 rings (SSSR count). The highest BCUT2D eigenvalue weighted by Gasteiger charge is 2.23. The van der Waals surface area contributed by atoms with Crippen LogP contribution in [0.5, 0.6) is 0 Å². The minimum absolute atomic E-state index is 0.167. The van der Waals surface area contributed by atoms with Gasteiger partial charge in [-0.1, -0.05) is 24.3 Å². The Morgan fingerprint density at radius 3 is 2.52 bits per heavy atom. The van der Waals surface area contributed by atoms with Crippen molar-refractivity contribution in [3.05, 3.63) is 88.9 Å². The van der Waals surface area contributed by atoms with Crippen molar-refractivity contribution in [2.75, 3.05) is 5.32 Å². The highest BCUT2D eigenvalue weighted by atomic mass is 32.2. The molecule has 1 N–H and O–H groups in total. The van der Waals surface area contributed by atoms with E-state index in [1.165, 1.54) is 24.6 Å². The maximum atomic E-state index is 13.1. The molecule has 164 valence electrons. The molecule has 0 bridgehead atoms. The van der Waals surface area contributed by atoms with Gasteiger partial charge in [-0.2, -0.15) is 0 Å². The van der Waals surface area contributed by atoms with E-state index in [2.05, 4.69) is 20.3 Å². The summed E-state index contributed by atoms with van der Waals surface area (Å²) in [4.78, 5) is 23.6. The molecule has 0 unspecified atom stereocenters.